The van der Waals surface area contributed by atoms with Gasteiger partial charge < -0.3 is 20.3 Å². The third-order valence-corrected chi connectivity index (χ3v) is 5.29. The molecule has 0 saturated carbocycles. The number of aryl methyl sites for hydroxylation is 4. The lowest BCUT2D eigenvalue weighted by Crippen LogP contribution is -2.46. The number of benzene rings is 2. The summed E-state index contributed by atoms with van der Waals surface area (Å²) in [5, 5.41) is 5.54. The first kappa shape index (κ1) is 26.9. The summed E-state index contributed by atoms with van der Waals surface area (Å²) in [7, 11) is 0. The number of likely N-dealkylation sites (N-methyl/N-ethyl adjacent to an activating group) is 1. The van der Waals surface area contributed by atoms with E-state index in [1.165, 1.54) is 4.90 Å². The van der Waals surface area contributed by atoms with E-state index in [-0.39, 0.29) is 24.9 Å². The molecule has 1 unspecified atom stereocenters. The van der Waals surface area contributed by atoms with E-state index in [4.69, 9.17) is 4.74 Å². The van der Waals surface area contributed by atoms with Crippen LogP contribution in [0.15, 0.2) is 36.4 Å². The van der Waals surface area contributed by atoms with Gasteiger partial charge in [-0.1, -0.05) is 47.5 Å². The average Bonchev–Trinajstić information content (AvgIpc) is 2.70. The Bertz CT molecular complexity index is 1020. The van der Waals surface area contributed by atoms with Crippen LogP contribution in [0.2, 0.25) is 0 Å². The standard InChI is InChI=1S/C27H37N3O4/c1-9-30(22(31)16-28-26(33)34-27(6,7)8)24(21-14-17(2)13-18(3)15-21)25(32)29-23-19(4)11-10-12-20(23)5/h10-15,24H,9,16H2,1-8H3,(H,28,33)(H,29,32). The Morgan fingerprint density at radius 1 is 0.971 bits per heavy atom. The molecule has 0 radical (unpaired) electrons. The highest BCUT2D eigenvalue weighted by Gasteiger charge is 2.31. The first-order valence-electron chi connectivity index (χ1n) is 11.5. The number of carbonyl (C=O) groups excluding carboxylic acids is 3. The maximum atomic E-state index is 13.7. The van der Waals surface area contributed by atoms with E-state index in [0.29, 0.717) is 5.56 Å². The summed E-state index contributed by atoms with van der Waals surface area (Å²) >= 11 is 0. The number of para-hydroxylation sites is 1. The fourth-order valence-electron chi connectivity index (χ4n) is 3.91. The lowest BCUT2D eigenvalue weighted by molar-refractivity contribution is -0.138. The minimum Gasteiger partial charge on any atom is -0.444 e. The van der Waals surface area contributed by atoms with E-state index in [0.717, 1.165) is 27.9 Å². The Kier molecular flexibility index (Phi) is 8.85. The minimum absolute atomic E-state index is 0.277. The van der Waals surface area contributed by atoms with Gasteiger partial charge in [0.15, 0.2) is 0 Å². The SMILES string of the molecule is CCN(C(=O)CNC(=O)OC(C)(C)C)C(C(=O)Nc1c(C)cccc1C)c1cc(C)cc(C)c1. The zero-order valence-electron chi connectivity index (χ0n) is 21.5. The fourth-order valence-corrected chi connectivity index (χ4v) is 3.91. The molecule has 0 aliphatic carbocycles. The van der Waals surface area contributed by atoms with Gasteiger partial charge in [0.1, 0.15) is 18.2 Å². The normalized spacial score (nSPS) is 12.0. The molecule has 2 rings (SSSR count). The minimum atomic E-state index is -0.865. The number of amides is 3. The Morgan fingerprint density at radius 2 is 1.53 bits per heavy atom. The molecule has 2 aromatic rings. The number of nitrogens with one attached hydrogen (secondary N) is 2. The Balaban J connectivity index is 2.38. The van der Waals surface area contributed by atoms with Crippen LogP contribution in [-0.4, -0.2) is 41.5 Å². The summed E-state index contributed by atoms with van der Waals surface area (Å²) in [6.45, 7) is 14.9. The van der Waals surface area contributed by atoms with Crippen molar-refractivity contribution in [1.29, 1.82) is 0 Å². The van der Waals surface area contributed by atoms with Gasteiger partial charge in [-0.15, -0.1) is 0 Å². The highest BCUT2D eigenvalue weighted by molar-refractivity contribution is 5.99. The van der Waals surface area contributed by atoms with Gasteiger partial charge in [-0.2, -0.15) is 0 Å². The van der Waals surface area contributed by atoms with Crippen LogP contribution < -0.4 is 10.6 Å². The molecule has 2 N–H and O–H groups in total. The third-order valence-electron chi connectivity index (χ3n) is 5.29. The molecule has 3 amide bonds. The van der Waals surface area contributed by atoms with Gasteiger partial charge in [0.2, 0.25) is 5.91 Å². The second-order valence-electron chi connectivity index (χ2n) is 9.61. The van der Waals surface area contributed by atoms with Crippen molar-refractivity contribution in [1.82, 2.24) is 10.2 Å². The number of carbonyl (C=O) groups is 3. The number of hydrogen-bond acceptors (Lipinski definition) is 4. The van der Waals surface area contributed by atoms with Gasteiger partial charge in [-0.05, 0) is 72.1 Å². The second kappa shape index (κ2) is 11.2. The summed E-state index contributed by atoms with van der Waals surface area (Å²) in [6, 6.07) is 10.8. The van der Waals surface area contributed by atoms with Gasteiger partial charge in [0.05, 0.1) is 0 Å². The van der Waals surface area contributed by atoms with Gasteiger partial charge in [-0.25, -0.2) is 4.79 Å². The van der Waals surface area contributed by atoms with Crippen LogP contribution in [0.5, 0.6) is 0 Å². The maximum absolute atomic E-state index is 13.7. The van der Waals surface area contributed by atoms with Gasteiger partial charge in [0.25, 0.3) is 5.91 Å². The summed E-state index contributed by atoms with van der Waals surface area (Å²) in [4.78, 5) is 40.4. The lowest BCUT2D eigenvalue weighted by atomic mass is 9.98. The van der Waals surface area contributed by atoms with Crippen molar-refractivity contribution in [3.63, 3.8) is 0 Å². The molecule has 34 heavy (non-hydrogen) atoms. The third kappa shape index (κ3) is 7.33. The predicted molar refractivity (Wildman–Crippen MR) is 135 cm³/mol. The number of ether oxygens (including phenoxy) is 1. The predicted octanol–water partition coefficient (Wildman–Crippen LogP) is 4.97. The summed E-state index contributed by atoms with van der Waals surface area (Å²) in [6.07, 6.45) is -0.681. The molecule has 0 aliphatic heterocycles. The van der Waals surface area contributed by atoms with Gasteiger partial charge >= 0.3 is 6.09 Å². The van der Waals surface area contributed by atoms with Crippen LogP contribution in [0, 0.1) is 27.7 Å². The molecule has 1 atom stereocenters. The number of nitrogens with zero attached hydrogens (tertiary/aromatic N) is 1. The average molecular weight is 468 g/mol. The van der Waals surface area contributed by atoms with Crippen molar-refractivity contribution < 1.29 is 19.1 Å². The first-order chi connectivity index (χ1) is 15.8. The zero-order chi connectivity index (χ0) is 25.6. The summed E-state index contributed by atoms with van der Waals surface area (Å²) < 4.78 is 5.23. The largest absolute Gasteiger partial charge is 0.444 e. The molecule has 7 nitrogen and oxygen atoms in total. The Morgan fingerprint density at radius 3 is 2.03 bits per heavy atom. The highest BCUT2D eigenvalue weighted by Crippen LogP contribution is 2.27. The molecule has 0 heterocycles. The van der Waals surface area contributed by atoms with E-state index in [9.17, 15) is 14.4 Å². The maximum Gasteiger partial charge on any atom is 0.408 e. The topological polar surface area (TPSA) is 87.7 Å². The Hall–Kier alpha value is -3.35. The fraction of sp³-hybridized carbons (Fsp3) is 0.444. The smallest absolute Gasteiger partial charge is 0.408 e. The molecule has 0 aromatic heterocycles. The van der Waals surface area contributed by atoms with E-state index in [2.05, 4.69) is 10.6 Å². The highest BCUT2D eigenvalue weighted by atomic mass is 16.6. The molecular formula is C27H37N3O4. The van der Waals surface area contributed by atoms with E-state index >= 15 is 0 Å². The van der Waals surface area contributed by atoms with Crippen molar-refractivity contribution in [2.45, 2.75) is 67.0 Å². The molecule has 0 spiro atoms. The van der Waals surface area contributed by atoms with Crippen LogP contribution in [0.3, 0.4) is 0 Å². The van der Waals surface area contributed by atoms with Gasteiger partial charge in [-0.3, -0.25) is 9.59 Å². The van der Waals surface area contributed by atoms with Crippen molar-refractivity contribution in [3.05, 3.63) is 64.2 Å². The zero-order valence-corrected chi connectivity index (χ0v) is 21.5. The molecular weight excluding hydrogens is 430 g/mol. The molecule has 7 heteroatoms. The van der Waals surface area contributed by atoms with E-state index < -0.39 is 17.7 Å². The molecule has 0 saturated heterocycles. The summed E-state index contributed by atoms with van der Waals surface area (Å²) in [5.74, 6) is -0.691. The van der Waals surface area contributed by atoms with Crippen molar-refractivity contribution >= 4 is 23.6 Å². The van der Waals surface area contributed by atoms with Crippen molar-refractivity contribution in [3.8, 4) is 0 Å². The van der Waals surface area contributed by atoms with Crippen LogP contribution in [0.1, 0.15) is 61.6 Å². The number of alkyl carbamates (subject to hydrolysis) is 1. The van der Waals surface area contributed by atoms with Gasteiger partial charge in [0, 0.05) is 12.2 Å². The Labute approximate surface area is 202 Å². The van der Waals surface area contributed by atoms with Crippen molar-refractivity contribution in [2.24, 2.45) is 0 Å². The quantitative estimate of drug-likeness (QED) is 0.602. The molecule has 2 aromatic carbocycles. The van der Waals surface area contributed by atoms with Crippen LogP contribution in [0.4, 0.5) is 10.5 Å². The van der Waals surface area contributed by atoms with Crippen LogP contribution in [-0.2, 0) is 14.3 Å². The lowest BCUT2D eigenvalue weighted by Gasteiger charge is -2.31. The number of rotatable bonds is 7. The van der Waals surface area contributed by atoms with Crippen LogP contribution >= 0.6 is 0 Å². The molecule has 184 valence electrons. The van der Waals surface area contributed by atoms with E-state index in [1.54, 1.807) is 20.8 Å². The number of hydrogen-bond donors (Lipinski definition) is 2. The van der Waals surface area contributed by atoms with Crippen LogP contribution in [0.25, 0.3) is 0 Å². The molecule has 0 fully saturated rings. The first-order valence-corrected chi connectivity index (χ1v) is 11.5. The van der Waals surface area contributed by atoms with E-state index in [1.807, 2.05) is 71.0 Å². The monoisotopic (exact) mass is 467 g/mol. The number of anilines is 1. The molecule has 0 bridgehead atoms. The molecule has 0 aliphatic rings. The summed E-state index contributed by atoms with van der Waals surface area (Å²) in [5.41, 5.74) is 4.64. The second-order valence-corrected chi connectivity index (χ2v) is 9.61. The van der Waals surface area contributed by atoms with Crippen molar-refractivity contribution in [2.75, 3.05) is 18.4 Å².